The molecule has 0 bridgehead atoms. The zero-order valence-electron chi connectivity index (χ0n) is 10.8. The predicted octanol–water partition coefficient (Wildman–Crippen LogP) is 0.713. The maximum Gasteiger partial charge on any atom is 0.319 e. The monoisotopic (exact) mass is 263 g/mol. The molecule has 0 aliphatic rings. The summed E-state index contributed by atoms with van der Waals surface area (Å²) in [6.07, 6.45) is 0.767. The topological polar surface area (TPSA) is 74.7 Å². The van der Waals surface area contributed by atoms with E-state index >= 15 is 0 Å². The van der Waals surface area contributed by atoms with Gasteiger partial charge in [-0.25, -0.2) is 0 Å². The smallest absolute Gasteiger partial charge is 0.319 e. The van der Waals surface area contributed by atoms with Gasteiger partial charge in [-0.2, -0.15) is 0 Å². The summed E-state index contributed by atoms with van der Waals surface area (Å²) in [4.78, 5) is 23.7. The minimum atomic E-state index is -1.42. The largest absolute Gasteiger partial charge is 0.480 e. The molecular formula is C11H21NO4S. The highest BCUT2D eigenvalue weighted by atomic mass is 32.2. The lowest BCUT2D eigenvalue weighted by atomic mass is 10.1. The minimum absolute atomic E-state index is 0.0292. The number of amides is 1. The first-order valence-electron chi connectivity index (χ1n) is 5.57. The van der Waals surface area contributed by atoms with E-state index in [0.717, 1.165) is 0 Å². The fraction of sp³-hybridized carbons (Fsp3) is 0.818. The van der Waals surface area contributed by atoms with Gasteiger partial charge in [0.25, 0.3) is 0 Å². The van der Waals surface area contributed by atoms with E-state index in [2.05, 4.69) is 0 Å². The highest BCUT2D eigenvalue weighted by Crippen LogP contribution is 2.11. The molecule has 0 fully saturated rings. The maximum absolute atomic E-state index is 11.8. The van der Waals surface area contributed by atoms with Crippen LogP contribution in [0.25, 0.3) is 0 Å². The molecule has 17 heavy (non-hydrogen) atoms. The molecule has 0 saturated carbocycles. The second-order valence-corrected chi connectivity index (χ2v) is 6.16. The van der Waals surface area contributed by atoms with Crippen LogP contribution in [0.2, 0.25) is 0 Å². The van der Waals surface area contributed by atoms with Crippen molar-refractivity contribution in [2.45, 2.75) is 31.9 Å². The van der Waals surface area contributed by atoms with Crippen molar-refractivity contribution in [2.75, 3.05) is 19.8 Å². The molecule has 2 atom stereocenters. The maximum atomic E-state index is 11.8. The molecule has 0 aromatic rings. The summed E-state index contributed by atoms with van der Waals surface area (Å²) in [5.41, 5.74) is 0. The average molecular weight is 263 g/mol. The van der Waals surface area contributed by atoms with Crippen molar-refractivity contribution in [2.24, 2.45) is 5.92 Å². The molecule has 1 amide bonds. The minimum Gasteiger partial charge on any atom is -0.480 e. The van der Waals surface area contributed by atoms with Crippen molar-refractivity contribution in [1.29, 1.82) is 0 Å². The summed E-state index contributed by atoms with van der Waals surface area (Å²) < 4.78 is 11.8. The Hall–Kier alpha value is -0.910. The second-order valence-electron chi connectivity index (χ2n) is 4.48. The molecule has 0 spiro atoms. The third-order valence-corrected chi connectivity index (χ3v) is 4.37. The Morgan fingerprint density at radius 2 is 1.82 bits per heavy atom. The van der Waals surface area contributed by atoms with Crippen molar-refractivity contribution in [1.82, 2.24) is 4.90 Å². The van der Waals surface area contributed by atoms with Crippen molar-refractivity contribution in [3.8, 4) is 0 Å². The van der Waals surface area contributed by atoms with Crippen LogP contribution in [0.5, 0.6) is 0 Å². The summed E-state index contributed by atoms with van der Waals surface area (Å²) in [5, 5.41) is 8.10. The molecule has 2 unspecified atom stereocenters. The quantitative estimate of drug-likeness (QED) is 0.734. The highest BCUT2D eigenvalue weighted by molar-refractivity contribution is 7.86. The molecule has 5 nitrogen and oxygen atoms in total. The molecule has 0 heterocycles. The van der Waals surface area contributed by atoms with Gasteiger partial charge in [-0.05, 0) is 12.3 Å². The van der Waals surface area contributed by atoms with E-state index in [-0.39, 0.29) is 17.6 Å². The van der Waals surface area contributed by atoms with E-state index in [1.54, 1.807) is 27.9 Å². The lowest BCUT2D eigenvalue weighted by Gasteiger charge is -2.16. The Morgan fingerprint density at radius 1 is 1.29 bits per heavy atom. The number of aliphatic carboxylic acids is 1. The summed E-state index contributed by atoms with van der Waals surface area (Å²) in [6, 6.07) is 0. The van der Waals surface area contributed by atoms with E-state index < -0.39 is 22.0 Å². The van der Waals surface area contributed by atoms with Crippen LogP contribution in [0.4, 0.5) is 0 Å². The number of carboxylic acid groups (broad SMARTS) is 1. The van der Waals surface area contributed by atoms with Gasteiger partial charge in [0.05, 0.1) is 0 Å². The SMILES string of the molecule is CC(C)C(C(=O)O)S(=O)CCCC(=O)N(C)C. The highest BCUT2D eigenvalue weighted by Gasteiger charge is 2.27. The van der Waals surface area contributed by atoms with Crippen LogP contribution in [0.3, 0.4) is 0 Å². The van der Waals surface area contributed by atoms with Crippen molar-refractivity contribution >= 4 is 22.7 Å². The van der Waals surface area contributed by atoms with Crippen LogP contribution >= 0.6 is 0 Å². The van der Waals surface area contributed by atoms with Crippen LogP contribution in [0.15, 0.2) is 0 Å². The molecule has 1 N–H and O–H groups in total. The first-order chi connectivity index (χ1) is 7.77. The zero-order chi connectivity index (χ0) is 13.6. The van der Waals surface area contributed by atoms with E-state index in [9.17, 15) is 13.8 Å². The third kappa shape index (κ3) is 5.81. The summed E-state index contributed by atoms with van der Waals surface area (Å²) >= 11 is 0. The Balaban J connectivity index is 4.17. The fourth-order valence-corrected chi connectivity index (χ4v) is 2.93. The lowest BCUT2D eigenvalue weighted by molar-refractivity contribution is -0.137. The van der Waals surface area contributed by atoms with E-state index in [4.69, 9.17) is 5.11 Å². The van der Waals surface area contributed by atoms with Crippen LogP contribution in [-0.2, 0) is 20.4 Å². The van der Waals surface area contributed by atoms with Crippen LogP contribution in [-0.4, -0.2) is 51.2 Å². The van der Waals surface area contributed by atoms with Gasteiger partial charge in [-0.15, -0.1) is 0 Å². The van der Waals surface area contributed by atoms with E-state index in [0.29, 0.717) is 12.8 Å². The van der Waals surface area contributed by atoms with Crippen LogP contribution in [0.1, 0.15) is 26.7 Å². The van der Waals surface area contributed by atoms with E-state index in [1.165, 1.54) is 4.90 Å². The summed E-state index contributed by atoms with van der Waals surface area (Å²) in [7, 11) is 1.90. The molecule has 0 aliphatic heterocycles. The van der Waals surface area contributed by atoms with Gasteiger partial charge < -0.3 is 10.0 Å². The molecule has 0 aliphatic carbocycles. The number of carboxylic acids is 1. The molecular weight excluding hydrogens is 242 g/mol. The Labute approximate surface area is 105 Å². The third-order valence-electron chi connectivity index (χ3n) is 2.37. The van der Waals surface area contributed by atoms with Crippen molar-refractivity contribution in [3.63, 3.8) is 0 Å². The fourth-order valence-electron chi connectivity index (χ4n) is 1.42. The molecule has 0 rings (SSSR count). The number of hydrogen-bond donors (Lipinski definition) is 1. The normalized spacial score (nSPS) is 14.4. The molecule has 100 valence electrons. The average Bonchev–Trinajstić information content (AvgIpc) is 2.15. The molecule has 6 heteroatoms. The summed E-state index contributed by atoms with van der Waals surface area (Å²) in [5.74, 6) is -0.970. The Bertz CT molecular complexity index is 302. The van der Waals surface area contributed by atoms with Gasteiger partial charge in [0.15, 0.2) is 0 Å². The van der Waals surface area contributed by atoms with Gasteiger partial charge in [-0.3, -0.25) is 13.8 Å². The molecule has 0 aromatic heterocycles. The number of rotatable bonds is 7. The van der Waals surface area contributed by atoms with Gasteiger partial charge in [-0.1, -0.05) is 13.8 Å². The molecule has 0 radical (unpaired) electrons. The van der Waals surface area contributed by atoms with Crippen molar-refractivity contribution < 1.29 is 18.9 Å². The zero-order valence-corrected chi connectivity index (χ0v) is 11.6. The van der Waals surface area contributed by atoms with Crippen LogP contribution in [0, 0.1) is 5.92 Å². The molecule has 0 saturated heterocycles. The number of nitrogens with zero attached hydrogens (tertiary/aromatic N) is 1. The van der Waals surface area contributed by atoms with Crippen molar-refractivity contribution in [3.05, 3.63) is 0 Å². The van der Waals surface area contributed by atoms with Gasteiger partial charge in [0.2, 0.25) is 5.91 Å². The number of carbonyl (C=O) groups excluding carboxylic acids is 1. The first-order valence-corrected chi connectivity index (χ1v) is 6.95. The lowest BCUT2D eigenvalue weighted by Crippen LogP contribution is -2.32. The van der Waals surface area contributed by atoms with Crippen LogP contribution < -0.4 is 0 Å². The molecule has 0 aromatic carbocycles. The number of carbonyl (C=O) groups is 2. The predicted molar refractivity (Wildman–Crippen MR) is 67.2 cm³/mol. The standard InChI is InChI=1S/C11H21NO4S/c1-8(2)10(11(14)15)17(16)7-5-6-9(13)12(3)4/h8,10H,5-7H2,1-4H3,(H,14,15). The number of hydrogen-bond acceptors (Lipinski definition) is 3. The Morgan fingerprint density at radius 3 is 2.18 bits per heavy atom. The first kappa shape index (κ1) is 16.1. The van der Waals surface area contributed by atoms with Gasteiger partial charge >= 0.3 is 5.97 Å². The van der Waals surface area contributed by atoms with E-state index in [1.807, 2.05) is 0 Å². The summed E-state index contributed by atoms with van der Waals surface area (Å²) in [6.45, 7) is 3.48. The Kier molecular flexibility index (Phi) is 7.03. The van der Waals surface area contributed by atoms with Gasteiger partial charge in [0, 0.05) is 37.1 Å². The van der Waals surface area contributed by atoms with Gasteiger partial charge in [0.1, 0.15) is 5.25 Å². The second kappa shape index (κ2) is 7.42.